The van der Waals surface area contributed by atoms with Crippen molar-refractivity contribution in [3.63, 3.8) is 0 Å². The number of benzene rings is 1. The fraction of sp³-hybridized carbons (Fsp3) is 0.250. The molecule has 26 heavy (non-hydrogen) atoms. The van der Waals surface area contributed by atoms with Gasteiger partial charge in [0.1, 0.15) is 11.4 Å². The molecule has 0 aliphatic rings. The van der Waals surface area contributed by atoms with Gasteiger partial charge in [0.25, 0.3) is 5.91 Å². The highest BCUT2D eigenvalue weighted by Crippen LogP contribution is 2.23. The molecule has 0 spiro atoms. The van der Waals surface area contributed by atoms with Crippen LogP contribution < -0.4 is 10.1 Å². The van der Waals surface area contributed by atoms with Gasteiger partial charge >= 0.3 is 0 Å². The van der Waals surface area contributed by atoms with Crippen molar-refractivity contribution in [1.29, 1.82) is 0 Å². The van der Waals surface area contributed by atoms with Crippen LogP contribution >= 0.6 is 11.3 Å². The first-order valence-electron chi connectivity index (χ1n) is 8.67. The Bertz CT molecular complexity index is 832. The first-order chi connectivity index (χ1) is 12.8. The second-order valence-electron chi connectivity index (χ2n) is 5.79. The van der Waals surface area contributed by atoms with E-state index in [1.54, 1.807) is 18.3 Å². The molecule has 0 radical (unpaired) electrons. The maximum absolute atomic E-state index is 12.4. The average Bonchev–Trinajstić information content (AvgIpc) is 3.15. The summed E-state index contributed by atoms with van der Waals surface area (Å²) in [6.45, 7) is 2.87. The van der Waals surface area contributed by atoms with E-state index in [9.17, 15) is 4.79 Å². The summed E-state index contributed by atoms with van der Waals surface area (Å²) >= 11 is 1.38. The zero-order valence-electron chi connectivity index (χ0n) is 14.6. The Balaban J connectivity index is 1.57. The van der Waals surface area contributed by atoms with E-state index < -0.39 is 0 Å². The summed E-state index contributed by atoms with van der Waals surface area (Å²) in [5.74, 6) is 0.591. The lowest BCUT2D eigenvalue weighted by Crippen LogP contribution is -2.11. The minimum Gasteiger partial charge on any atom is -0.494 e. The van der Waals surface area contributed by atoms with Crippen LogP contribution in [0.25, 0.3) is 11.4 Å². The van der Waals surface area contributed by atoms with Crippen molar-refractivity contribution in [2.45, 2.75) is 26.2 Å². The molecule has 1 N–H and O–H groups in total. The Morgan fingerprint density at radius 1 is 1.12 bits per heavy atom. The zero-order chi connectivity index (χ0) is 18.2. The summed E-state index contributed by atoms with van der Waals surface area (Å²) in [7, 11) is 0. The molecule has 134 valence electrons. The van der Waals surface area contributed by atoms with E-state index in [4.69, 9.17) is 4.74 Å². The fourth-order valence-corrected chi connectivity index (χ4v) is 3.08. The maximum atomic E-state index is 12.4. The van der Waals surface area contributed by atoms with Gasteiger partial charge in [0, 0.05) is 17.1 Å². The molecule has 0 fully saturated rings. The number of thiazole rings is 1. The van der Waals surface area contributed by atoms with Gasteiger partial charge in [0.05, 0.1) is 12.3 Å². The van der Waals surface area contributed by atoms with Crippen LogP contribution in [0.3, 0.4) is 0 Å². The van der Waals surface area contributed by atoms with E-state index in [-0.39, 0.29) is 5.91 Å². The molecule has 0 saturated heterocycles. The molecular formula is C20H21N3O2S. The third kappa shape index (κ3) is 4.89. The number of carbonyl (C=O) groups is 1. The third-order valence-electron chi connectivity index (χ3n) is 3.79. The number of nitrogens with zero attached hydrogens (tertiary/aromatic N) is 2. The Hall–Kier alpha value is -2.73. The second-order valence-corrected chi connectivity index (χ2v) is 6.65. The highest BCUT2D eigenvalue weighted by molar-refractivity contribution is 7.14. The summed E-state index contributed by atoms with van der Waals surface area (Å²) in [6, 6.07) is 12.8. The Morgan fingerprint density at radius 3 is 2.69 bits per heavy atom. The first-order valence-corrected chi connectivity index (χ1v) is 9.55. The lowest BCUT2D eigenvalue weighted by Gasteiger charge is -2.07. The van der Waals surface area contributed by atoms with Crippen molar-refractivity contribution < 1.29 is 9.53 Å². The van der Waals surface area contributed by atoms with Crippen LogP contribution in [0.15, 0.2) is 54.0 Å². The highest BCUT2D eigenvalue weighted by Gasteiger charge is 2.10. The number of amides is 1. The normalized spacial score (nSPS) is 10.5. The maximum Gasteiger partial charge on any atom is 0.257 e. The molecule has 0 saturated carbocycles. The SMILES string of the molecule is CCCCCOc1ccc(C(=O)Nc2nc(-c3ccccn3)cs2)cc1. The molecule has 2 heterocycles. The van der Waals surface area contributed by atoms with Crippen LogP contribution in [0.2, 0.25) is 0 Å². The van der Waals surface area contributed by atoms with Crippen molar-refractivity contribution in [2.75, 3.05) is 11.9 Å². The number of carbonyl (C=O) groups excluding carboxylic acids is 1. The van der Waals surface area contributed by atoms with Crippen molar-refractivity contribution in [1.82, 2.24) is 9.97 Å². The van der Waals surface area contributed by atoms with Gasteiger partial charge in [-0.05, 0) is 42.8 Å². The second kappa shape index (κ2) is 9.10. The minimum absolute atomic E-state index is 0.190. The third-order valence-corrected chi connectivity index (χ3v) is 4.54. The number of rotatable bonds is 8. The molecule has 0 aliphatic carbocycles. The molecule has 6 heteroatoms. The number of unbranched alkanes of at least 4 members (excludes halogenated alkanes) is 2. The molecule has 5 nitrogen and oxygen atoms in total. The van der Waals surface area contributed by atoms with Gasteiger partial charge in [-0.1, -0.05) is 25.8 Å². The van der Waals surface area contributed by atoms with Crippen molar-refractivity contribution in [3.8, 4) is 17.1 Å². The summed E-state index contributed by atoms with van der Waals surface area (Å²) in [4.78, 5) is 21.1. The standard InChI is InChI=1S/C20H21N3O2S/c1-2-3-6-13-25-16-10-8-15(9-11-16)19(24)23-20-22-18(14-26-20)17-7-4-5-12-21-17/h4-5,7-12,14H,2-3,6,13H2,1H3,(H,22,23,24). The molecule has 1 amide bonds. The van der Waals surface area contributed by atoms with Gasteiger partial charge < -0.3 is 4.74 Å². The Kier molecular flexibility index (Phi) is 6.33. The van der Waals surface area contributed by atoms with E-state index in [1.165, 1.54) is 17.8 Å². The van der Waals surface area contributed by atoms with Gasteiger partial charge in [-0.2, -0.15) is 0 Å². The molecule has 3 rings (SSSR count). The fourth-order valence-electron chi connectivity index (χ4n) is 2.38. The topological polar surface area (TPSA) is 64.1 Å². The van der Waals surface area contributed by atoms with Crippen LogP contribution in [0.5, 0.6) is 5.75 Å². The van der Waals surface area contributed by atoms with Crippen LogP contribution in [0.1, 0.15) is 36.5 Å². The molecular weight excluding hydrogens is 346 g/mol. The summed E-state index contributed by atoms with van der Waals surface area (Å²) < 4.78 is 5.66. The molecule has 0 atom stereocenters. The average molecular weight is 367 g/mol. The van der Waals surface area contributed by atoms with Gasteiger partial charge in [-0.15, -0.1) is 11.3 Å². The number of hydrogen-bond acceptors (Lipinski definition) is 5. The van der Waals surface area contributed by atoms with Crippen molar-refractivity contribution in [2.24, 2.45) is 0 Å². The number of hydrogen-bond donors (Lipinski definition) is 1. The monoisotopic (exact) mass is 367 g/mol. The zero-order valence-corrected chi connectivity index (χ0v) is 15.5. The molecule has 0 aliphatic heterocycles. The summed E-state index contributed by atoms with van der Waals surface area (Å²) in [5.41, 5.74) is 2.11. The quantitative estimate of drug-likeness (QED) is 0.567. The molecule has 2 aromatic heterocycles. The van der Waals surface area contributed by atoms with Crippen molar-refractivity contribution in [3.05, 3.63) is 59.6 Å². The lowest BCUT2D eigenvalue weighted by atomic mass is 10.2. The first kappa shape index (κ1) is 18.1. The number of aromatic nitrogens is 2. The molecule has 1 aromatic carbocycles. The van der Waals surface area contributed by atoms with Crippen molar-refractivity contribution >= 4 is 22.4 Å². The minimum atomic E-state index is -0.190. The van der Waals surface area contributed by atoms with E-state index in [0.29, 0.717) is 17.3 Å². The largest absolute Gasteiger partial charge is 0.494 e. The summed E-state index contributed by atoms with van der Waals surface area (Å²) in [6.07, 6.45) is 5.09. The number of pyridine rings is 1. The molecule has 0 bridgehead atoms. The smallest absolute Gasteiger partial charge is 0.257 e. The lowest BCUT2D eigenvalue weighted by molar-refractivity contribution is 0.102. The molecule has 0 unspecified atom stereocenters. The highest BCUT2D eigenvalue weighted by atomic mass is 32.1. The Labute approximate surface area is 157 Å². The predicted molar refractivity (Wildman–Crippen MR) is 105 cm³/mol. The van der Waals surface area contributed by atoms with Gasteiger partial charge in [-0.3, -0.25) is 15.1 Å². The van der Waals surface area contributed by atoms with Gasteiger partial charge in [0.2, 0.25) is 0 Å². The van der Waals surface area contributed by atoms with E-state index in [2.05, 4.69) is 22.2 Å². The number of nitrogens with one attached hydrogen (secondary N) is 1. The van der Waals surface area contributed by atoms with Crippen LogP contribution in [0, 0.1) is 0 Å². The van der Waals surface area contributed by atoms with Crippen LogP contribution in [0.4, 0.5) is 5.13 Å². The Morgan fingerprint density at radius 2 is 1.96 bits per heavy atom. The van der Waals surface area contributed by atoms with E-state index in [1.807, 2.05) is 35.7 Å². The molecule has 3 aromatic rings. The summed E-state index contributed by atoms with van der Waals surface area (Å²) in [5, 5.41) is 5.26. The van der Waals surface area contributed by atoms with Crippen LogP contribution in [-0.4, -0.2) is 22.5 Å². The van der Waals surface area contributed by atoms with Gasteiger partial charge in [0.15, 0.2) is 5.13 Å². The van der Waals surface area contributed by atoms with E-state index >= 15 is 0 Å². The predicted octanol–water partition coefficient (Wildman–Crippen LogP) is 5.03. The van der Waals surface area contributed by atoms with Crippen LogP contribution in [-0.2, 0) is 0 Å². The number of ether oxygens (including phenoxy) is 1. The van der Waals surface area contributed by atoms with Gasteiger partial charge in [-0.25, -0.2) is 4.98 Å². The van der Waals surface area contributed by atoms with E-state index in [0.717, 1.165) is 30.0 Å². The number of anilines is 1.